The number of carbonyl (C=O) groups excluding carboxylic acids is 2. The summed E-state index contributed by atoms with van der Waals surface area (Å²) >= 11 is 0. The van der Waals surface area contributed by atoms with Gasteiger partial charge in [0.2, 0.25) is 0 Å². The summed E-state index contributed by atoms with van der Waals surface area (Å²) in [6.45, 7) is 3.53. The SMILES string of the molecule is C/C=C(NC(=O)NC)\C(=C/C)NC(=O)NC. The standard InChI is InChI=1S/C10H18N4O2/c1-5-7(13-9(15)11-3)8(6-2)14-10(16)12-4/h5-6H,1-4H3,(H2,11,13,15)(H2,12,14,16)/b7-5+,8-6+. The van der Waals surface area contributed by atoms with Gasteiger partial charge >= 0.3 is 12.1 Å². The highest BCUT2D eigenvalue weighted by molar-refractivity contribution is 5.79. The van der Waals surface area contributed by atoms with Gasteiger partial charge < -0.3 is 21.3 Å². The Labute approximate surface area is 95.2 Å². The third-order valence-corrected chi connectivity index (χ3v) is 1.82. The molecule has 90 valence electrons. The molecule has 0 aliphatic carbocycles. The van der Waals surface area contributed by atoms with Crippen LogP contribution in [0.25, 0.3) is 0 Å². The fourth-order valence-electron chi connectivity index (χ4n) is 0.960. The summed E-state index contributed by atoms with van der Waals surface area (Å²) in [6.07, 6.45) is 3.39. The summed E-state index contributed by atoms with van der Waals surface area (Å²) in [5, 5.41) is 10.1. The minimum absolute atomic E-state index is 0.342. The van der Waals surface area contributed by atoms with Gasteiger partial charge in [-0.25, -0.2) is 9.59 Å². The molecule has 0 unspecified atom stereocenters. The zero-order valence-corrected chi connectivity index (χ0v) is 9.97. The van der Waals surface area contributed by atoms with Crippen molar-refractivity contribution in [2.45, 2.75) is 13.8 Å². The first-order valence-corrected chi connectivity index (χ1v) is 4.89. The van der Waals surface area contributed by atoms with Crippen molar-refractivity contribution in [1.29, 1.82) is 0 Å². The second-order valence-corrected chi connectivity index (χ2v) is 2.81. The highest BCUT2D eigenvalue weighted by Crippen LogP contribution is 2.02. The number of carbonyl (C=O) groups is 2. The highest BCUT2D eigenvalue weighted by atomic mass is 16.2. The first-order valence-electron chi connectivity index (χ1n) is 4.89. The molecule has 4 N–H and O–H groups in total. The predicted octanol–water partition coefficient (Wildman–Crippen LogP) is 0.652. The number of hydrogen-bond donors (Lipinski definition) is 4. The number of urea groups is 2. The van der Waals surface area contributed by atoms with Crippen LogP contribution in [-0.2, 0) is 0 Å². The molecule has 0 spiro atoms. The van der Waals surface area contributed by atoms with Crippen LogP contribution in [0.15, 0.2) is 23.5 Å². The van der Waals surface area contributed by atoms with Crippen molar-refractivity contribution in [2.75, 3.05) is 14.1 Å². The summed E-state index contributed by atoms with van der Waals surface area (Å²) in [5.41, 5.74) is 1.07. The summed E-state index contributed by atoms with van der Waals surface area (Å²) in [4.78, 5) is 22.3. The molecule has 0 fully saturated rings. The average Bonchev–Trinajstić information content (AvgIpc) is 2.32. The summed E-state index contributed by atoms with van der Waals surface area (Å²) in [5.74, 6) is 0. The maximum atomic E-state index is 11.1. The Morgan fingerprint density at radius 1 is 0.812 bits per heavy atom. The van der Waals surface area contributed by atoms with Gasteiger partial charge in [0.25, 0.3) is 0 Å². The van der Waals surface area contributed by atoms with Crippen LogP contribution < -0.4 is 21.3 Å². The lowest BCUT2D eigenvalue weighted by atomic mass is 10.3. The normalized spacial score (nSPS) is 11.8. The molecular formula is C10H18N4O2. The van der Waals surface area contributed by atoms with Crippen molar-refractivity contribution in [3.05, 3.63) is 23.5 Å². The van der Waals surface area contributed by atoms with Crippen molar-refractivity contribution in [3.8, 4) is 0 Å². The molecule has 4 amide bonds. The molecule has 0 heterocycles. The minimum Gasteiger partial charge on any atom is -0.341 e. The second kappa shape index (κ2) is 7.33. The number of hydrogen-bond acceptors (Lipinski definition) is 2. The van der Waals surface area contributed by atoms with Gasteiger partial charge in [0.15, 0.2) is 0 Å². The maximum Gasteiger partial charge on any atom is 0.319 e. The van der Waals surface area contributed by atoms with E-state index in [-0.39, 0.29) is 12.1 Å². The van der Waals surface area contributed by atoms with Crippen LogP contribution in [0.3, 0.4) is 0 Å². The number of amides is 4. The summed E-state index contributed by atoms with van der Waals surface area (Å²) in [7, 11) is 3.04. The lowest BCUT2D eigenvalue weighted by Gasteiger charge is -2.13. The maximum absolute atomic E-state index is 11.1. The minimum atomic E-state index is -0.342. The highest BCUT2D eigenvalue weighted by Gasteiger charge is 2.08. The van der Waals surface area contributed by atoms with Crippen LogP contribution in [0.2, 0.25) is 0 Å². The molecule has 16 heavy (non-hydrogen) atoms. The van der Waals surface area contributed by atoms with E-state index in [1.54, 1.807) is 26.0 Å². The van der Waals surface area contributed by atoms with E-state index in [4.69, 9.17) is 0 Å². The molecule has 0 saturated carbocycles. The van der Waals surface area contributed by atoms with E-state index in [9.17, 15) is 9.59 Å². The quantitative estimate of drug-likeness (QED) is 0.533. The molecule has 6 heteroatoms. The number of rotatable bonds is 3. The fourth-order valence-corrected chi connectivity index (χ4v) is 0.960. The first-order chi connectivity index (χ1) is 7.58. The van der Waals surface area contributed by atoms with Crippen molar-refractivity contribution >= 4 is 12.1 Å². The van der Waals surface area contributed by atoms with E-state index in [0.717, 1.165) is 0 Å². The third kappa shape index (κ3) is 4.50. The second-order valence-electron chi connectivity index (χ2n) is 2.81. The fraction of sp³-hybridized carbons (Fsp3) is 0.400. The average molecular weight is 226 g/mol. The molecule has 0 aromatic carbocycles. The molecule has 0 aliphatic rings. The van der Waals surface area contributed by atoms with Crippen LogP contribution in [0, 0.1) is 0 Å². The van der Waals surface area contributed by atoms with Crippen molar-refractivity contribution in [3.63, 3.8) is 0 Å². The molecule has 6 nitrogen and oxygen atoms in total. The third-order valence-electron chi connectivity index (χ3n) is 1.82. The van der Waals surface area contributed by atoms with Crippen LogP contribution in [0.1, 0.15) is 13.8 Å². The zero-order chi connectivity index (χ0) is 12.6. The topological polar surface area (TPSA) is 82.3 Å². The molecule has 0 bridgehead atoms. The van der Waals surface area contributed by atoms with Crippen LogP contribution in [0.4, 0.5) is 9.59 Å². The Kier molecular flexibility index (Phi) is 6.42. The van der Waals surface area contributed by atoms with Crippen molar-refractivity contribution in [2.24, 2.45) is 0 Å². The van der Waals surface area contributed by atoms with Gasteiger partial charge in [-0.05, 0) is 13.8 Å². The van der Waals surface area contributed by atoms with Crippen molar-refractivity contribution < 1.29 is 9.59 Å². The smallest absolute Gasteiger partial charge is 0.319 e. The first kappa shape index (κ1) is 14.0. The molecule has 0 aliphatic heterocycles. The van der Waals surface area contributed by atoms with E-state index in [2.05, 4.69) is 21.3 Å². The summed E-state index contributed by atoms with van der Waals surface area (Å²) < 4.78 is 0. The molecule has 0 radical (unpaired) electrons. The molecule has 0 rings (SSSR count). The van der Waals surface area contributed by atoms with Crippen molar-refractivity contribution in [1.82, 2.24) is 21.3 Å². The van der Waals surface area contributed by atoms with Gasteiger partial charge in [0, 0.05) is 14.1 Å². The summed E-state index contributed by atoms with van der Waals surface area (Å²) in [6, 6.07) is -0.683. The molecule has 0 atom stereocenters. The van der Waals surface area contributed by atoms with Gasteiger partial charge in [-0.15, -0.1) is 0 Å². The Balaban J connectivity index is 4.67. The van der Waals surface area contributed by atoms with Gasteiger partial charge in [0.1, 0.15) is 0 Å². The lowest BCUT2D eigenvalue weighted by Crippen LogP contribution is -2.38. The Hall–Kier alpha value is -1.98. The van der Waals surface area contributed by atoms with Gasteiger partial charge in [-0.1, -0.05) is 12.2 Å². The zero-order valence-electron chi connectivity index (χ0n) is 9.97. The van der Waals surface area contributed by atoms with Gasteiger partial charge in [0.05, 0.1) is 11.4 Å². The van der Waals surface area contributed by atoms with E-state index < -0.39 is 0 Å². The van der Waals surface area contributed by atoms with Gasteiger partial charge in [-0.2, -0.15) is 0 Å². The van der Waals surface area contributed by atoms with E-state index in [1.165, 1.54) is 14.1 Å². The number of nitrogens with one attached hydrogen (secondary N) is 4. The largest absolute Gasteiger partial charge is 0.341 e. The molecular weight excluding hydrogens is 208 g/mol. The Bertz CT molecular complexity index is 289. The monoisotopic (exact) mass is 226 g/mol. The Morgan fingerprint density at radius 2 is 1.12 bits per heavy atom. The Morgan fingerprint density at radius 3 is 1.31 bits per heavy atom. The van der Waals surface area contributed by atoms with Crippen LogP contribution in [0.5, 0.6) is 0 Å². The van der Waals surface area contributed by atoms with Crippen LogP contribution in [-0.4, -0.2) is 26.2 Å². The molecule has 0 aromatic heterocycles. The van der Waals surface area contributed by atoms with E-state index >= 15 is 0 Å². The number of allylic oxidation sites excluding steroid dienone is 2. The van der Waals surface area contributed by atoms with E-state index in [1.807, 2.05) is 0 Å². The van der Waals surface area contributed by atoms with Crippen LogP contribution >= 0.6 is 0 Å². The lowest BCUT2D eigenvalue weighted by molar-refractivity contribution is 0.242. The van der Waals surface area contributed by atoms with Gasteiger partial charge in [-0.3, -0.25) is 0 Å². The van der Waals surface area contributed by atoms with E-state index in [0.29, 0.717) is 11.4 Å². The molecule has 0 aromatic rings. The predicted molar refractivity (Wildman–Crippen MR) is 62.7 cm³/mol. The molecule has 0 saturated heterocycles.